The highest BCUT2D eigenvalue weighted by molar-refractivity contribution is 5.95. The Hall–Kier alpha value is -3.68. The van der Waals surface area contributed by atoms with Crippen molar-refractivity contribution < 1.29 is 14.0 Å². The molecule has 3 aromatic heterocycles. The van der Waals surface area contributed by atoms with E-state index in [0.717, 1.165) is 0 Å². The van der Waals surface area contributed by atoms with Gasteiger partial charge in [0.15, 0.2) is 0 Å². The number of amides is 2. The number of pyridine rings is 2. The van der Waals surface area contributed by atoms with Gasteiger partial charge >= 0.3 is 0 Å². The van der Waals surface area contributed by atoms with Crippen LogP contribution >= 0.6 is 0 Å². The van der Waals surface area contributed by atoms with Crippen LogP contribution in [-0.4, -0.2) is 45.8 Å². The molecule has 1 fully saturated rings. The molecule has 0 aliphatic carbocycles. The minimum atomic E-state index is -0.448. The summed E-state index contributed by atoms with van der Waals surface area (Å²) in [5.74, 6) is 0.0494. The van der Waals surface area contributed by atoms with Crippen LogP contribution in [-0.2, 0) is 0 Å². The molecule has 8 heteroatoms. The molecule has 0 radical (unpaired) electrons. The van der Waals surface area contributed by atoms with Crippen LogP contribution in [0.4, 0.5) is 0 Å². The van der Waals surface area contributed by atoms with Crippen LogP contribution in [0, 0.1) is 0 Å². The van der Waals surface area contributed by atoms with Crippen molar-refractivity contribution in [1.82, 2.24) is 20.2 Å². The van der Waals surface area contributed by atoms with E-state index in [4.69, 9.17) is 4.42 Å². The third kappa shape index (κ3) is 4.11. The predicted octanol–water partition coefficient (Wildman–Crippen LogP) is 2.06. The van der Waals surface area contributed by atoms with Gasteiger partial charge in [-0.15, -0.1) is 0 Å². The van der Waals surface area contributed by atoms with Crippen molar-refractivity contribution in [3.8, 4) is 11.5 Å². The Morgan fingerprint density at radius 3 is 2.62 bits per heavy atom. The lowest BCUT2D eigenvalue weighted by Crippen LogP contribution is -2.47. The summed E-state index contributed by atoms with van der Waals surface area (Å²) in [7, 11) is 0. The number of piperidine rings is 1. The Morgan fingerprint density at radius 2 is 1.97 bits per heavy atom. The molecule has 0 saturated carbocycles. The second-order valence-corrected chi connectivity index (χ2v) is 6.87. The largest absolute Gasteiger partial charge is 0.463 e. The van der Waals surface area contributed by atoms with Gasteiger partial charge in [0.05, 0.1) is 17.5 Å². The van der Waals surface area contributed by atoms with E-state index in [9.17, 15) is 14.4 Å². The van der Waals surface area contributed by atoms with Crippen molar-refractivity contribution in [3.63, 3.8) is 0 Å². The molecule has 0 unspecified atom stereocenters. The Labute approximate surface area is 166 Å². The summed E-state index contributed by atoms with van der Waals surface area (Å²) in [6, 6.07) is 10.0. The number of aromatic amines is 1. The SMILES string of the molecule is O=C(NC1CCN(C(=O)c2ccc(-c3ccco3)[nH]c2=O)CC1)c1cccnc1. The first-order valence-corrected chi connectivity index (χ1v) is 9.39. The third-order valence-corrected chi connectivity index (χ3v) is 4.97. The van der Waals surface area contributed by atoms with Crippen molar-refractivity contribution in [1.29, 1.82) is 0 Å². The van der Waals surface area contributed by atoms with Gasteiger partial charge in [-0.05, 0) is 49.2 Å². The fourth-order valence-corrected chi connectivity index (χ4v) is 3.38. The van der Waals surface area contributed by atoms with Crippen LogP contribution < -0.4 is 10.9 Å². The number of nitrogens with one attached hydrogen (secondary N) is 2. The van der Waals surface area contributed by atoms with E-state index in [0.29, 0.717) is 42.9 Å². The van der Waals surface area contributed by atoms with Crippen LogP contribution in [0.2, 0.25) is 0 Å². The molecule has 2 N–H and O–H groups in total. The summed E-state index contributed by atoms with van der Waals surface area (Å²) in [5.41, 5.74) is 0.677. The maximum absolute atomic E-state index is 12.8. The highest BCUT2D eigenvalue weighted by Gasteiger charge is 2.26. The highest BCUT2D eigenvalue weighted by atomic mass is 16.3. The normalized spacial score (nSPS) is 14.6. The molecule has 1 saturated heterocycles. The minimum absolute atomic E-state index is 0.0219. The van der Waals surface area contributed by atoms with Gasteiger partial charge < -0.3 is 19.6 Å². The fourth-order valence-electron chi connectivity index (χ4n) is 3.38. The van der Waals surface area contributed by atoms with E-state index in [-0.39, 0.29) is 23.4 Å². The van der Waals surface area contributed by atoms with Crippen LogP contribution in [0.25, 0.3) is 11.5 Å². The number of likely N-dealkylation sites (tertiary alicyclic amines) is 1. The second-order valence-electron chi connectivity index (χ2n) is 6.87. The van der Waals surface area contributed by atoms with E-state index in [1.165, 1.54) is 18.5 Å². The second kappa shape index (κ2) is 8.14. The molecule has 8 nitrogen and oxygen atoms in total. The van der Waals surface area contributed by atoms with Crippen molar-refractivity contribution in [2.45, 2.75) is 18.9 Å². The van der Waals surface area contributed by atoms with E-state index in [1.54, 1.807) is 41.4 Å². The van der Waals surface area contributed by atoms with Crippen LogP contribution in [0.1, 0.15) is 33.6 Å². The summed E-state index contributed by atoms with van der Waals surface area (Å²) in [6.45, 7) is 0.937. The predicted molar refractivity (Wildman–Crippen MR) is 105 cm³/mol. The number of H-pyrrole nitrogens is 1. The van der Waals surface area contributed by atoms with Gasteiger partial charge in [0, 0.05) is 31.5 Å². The molecule has 1 aliphatic rings. The van der Waals surface area contributed by atoms with Gasteiger partial charge in [0.25, 0.3) is 17.4 Å². The van der Waals surface area contributed by atoms with E-state index >= 15 is 0 Å². The molecular formula is C21H20N4O4. The number of carbonyl (C=O) groups is 2. The molecule has 0 atom stereocenters. The first kappa shape index (κ1) is 18.7. The Kier molecular flexibility index (Phi) is 5.24. The summed E-state index contributed by atoms with van der Waals surface area (Å²) in [5, 5.41) is 2.97. The number of aromatic nitrogens is 2. The lowest BCUT2D eigenvalue weighted by atomic mass is 10.0. The van der Waals surface area contributed by atoms with Crippen molar-refractivity contribution >= 4 is 11.8 Å². The molecule has 4 rings (SSSR count). The lowest BCUT2D eigenvalue weighted by Gasteiger charge is -2.32. The van der Waals surface area contributed by atoms with Crippen LogP contribution in [0.3, 0.4) is 0 Å². The molecule has 0 bridgehead atoms. The highest BCUT2D eigenvalue weighted by Crippen LogP contribution is 2.17. The molecule has 0 spiro atoms. The first-order chi connectivity index (χ1) is 14.1. The van der Waals surface area contributed by atoms with Gasteiger partial charge in [0.2, 0.25) is 0 Å². The van der Waals surface area contributed by atoms with Crippen molar-refractivity contribution in [2.75, 3.05) is 13.1 Å². The number of hydrogen-bond acceptors (Lipinski definition) is 5. The van der Waals surface area contributed by atoms with Crippen LogP contribution in [0.5, 0.6) is 0 Å². The summed E-state index contributed by atoms with van der Waals surface area (Å²) < 4.78 is 5.26. The van der Waals surface area contributed by atoms with Gasteiger partial charge in [0.1, 0.15) is 11.3 Å². The zero-order valence-electron chi connectivity index (χ0n) is 15.6. The Balaban J connectivity index is 1.37. The van der Waals surface area contributed by atoms with Crippen LogP contribution in [0.15, 0.2) is 64.3 Å². The first-order valence-electron chi connectivity index (χ1n) is 9.39. The summed E-state index contributed by atoms with van der Waals surface area (Å²) >= 11 is 0. The van der Waals surface area contributed by atoms with E-state index in [1.807, 2.05) is 0 Å². The number of hydrogen-bond donors (Lipinski definition) is 2. The molecule has 0 aromatic carbocycles. The molecular weight excluding hydrogens is 372 g/mol. The molecule has 29 heavy (non-hydrogen) atoms. The molecule has 1 aliphatic heterocycles. The summed E-state index contributed by atoms with van der Waals surface area (Å²) in [6.07, 6.45) is 5.90. The maximum Gasteiger partial charge on any atom is 0.261 e. The average Bonchev–Trinajstić information content (AvgIpc) is 3.29. The number of furan rings is 1. The number of rotatable bonds is 4. The van der Waals surface area contributed by atoms with Gasteiger partial charge in [-0.25, -0.2) is 0 Å². The van der Waals surface area contributed by atoms with E-state index < -0.39 is 5.56 Å². The molecule has 4 heterocycles. The number of nitrogens with zero attached hydrogens (tertiary/aromatic N) is 2. The van der Waals surface area contributed by atoms with Gasteiger partial charge in [-0.1, -0.05) is 0 Å². The Morgan fingerprint density at radius 1 is 1.14 bits per heavy atom. The monoisotopic (exact) mass is 392 g/mol. The maximum atomic E-state index is 12.8. The number of carbonyl (C=O) groups excluding carboxylic acids is 2. The zero-order valence-corrected chi connectivity index (χ0v) is 15.6. The van der Waals surface area contributed by atoms with Crippen molar-refractivity contribution in [2.24, 2.45) is 0 Å². The van der Waals surface area contributed by atoms with E-state index in [2.05, 4.69) is 15.3 Å². The topological polar surface area (TPSA) is 108 Å². The molecule has 148 valence electrons. The zero-order chi connectivity index (χ0) is 20.2. The molecule has 3 aromatic rings. The van der Waals surface area contributed by atoms with Crippen molar-refractivity contribution in [3.05, 3.63) is 76.5 Å². The lowest BCUT2D eigenvalue weighted by molar-refractivity contribution is 0.0696. The van der Waals surface area contributed by atoms with Gasteiger partial charge in [-0.3, -0.25) is 19.4 Å². The summed E-state index contributed by atoms with van der Waals surface area (Å²) in [4.78, 5) is 45.7. The molecule has 2 amide bonds. The quantitative estimate of drug-likeness (QED) is 0.707. The average molecular weight is 392 g/mol. The smallest absolute Gasteiger partial charge is 0.261 e. The standard InChI is InChI=1S/C21H20N4O4/c26-19(14-3-1-9-22-13-14)23-15-7-10-25(11-8-15)21(28)16-5-6-17(24-20(16)27)18-4-2-12-29-18/h1-6,9,12-13,15H,7-8,10-11H2,(H,23,26)(H,24,27). The third-order valence-electron chi connectivity index (χ3n) is 4.97. The van der Waals surface area contributed by atoms with Gasteiger partial charge in [-0.2, -0.15) is 0 Å². The minimum Gasteiger partial charge on any atom is -0.463 e. The Bertz CT molecular complexity index is 1050. The fraction of sp³-hybridized carbons (Fsp3) is 0.238.